The zero-order valence-corrected chi connectivity index (χ0v) is 14.7. The van der Waals surface area contributed by atoms with Gasteiger partial charge in [-0.05, 0) is 48.6 Å². The number of rotatable bonds is 5. The standard InChI is InChI=1S/C14H14IN5O3/c1-8-12(15)9(2)20(18-8)7-11-17-14(23-19-11)13(21)16-6-10-4-3-5-22-10/h3-5H,6-7H2,1-2H3,(H,16,21). The quantitative estimate of drug-likeness (QED) is 0.626. The number of carbonyl (C=O) groups excluding carboxylic acids is 1. The molecule has 0 aromatic carbocycles. The van der Waals surface area contributed by atoms with E-state index in [0.29, 0.717) is 18.1 Å². The maximum atomic E-state index is 12.0. The van der Waals surface area contributed by atoms with E-state index in [2.05, 4.69) is 43.1 Å². The van der Waals surface area contributed by atoms with Gasteiger partial charge in [0, 0.05) is 5.69 Å². The molecule has 0 radical (unpaired) electrons. The highest BCUT2D eigenvalue weighted by atomic mass is 127. The minimum absolute atomic E-state index is 0.0808. The maximum absolute atomic E-state index is 12.0. The predicted molar refractivity (Wildman–Crippen MR) is 87.7 cm³/mol. The van der Waals surface area contributed by atoms with Crippen molar-refractivity contribution in [2.24, 2.45) is 0 Å². The molecule has 1 N–H and O–H groups in total. The molecule has 23 heavy (non-hydrogen) atoms. The summed E-state index contributed by atoms with van der Waals surface area (Å²) >= 11 is 2.24. The Kier molecular flexibility index (Phi) is 4.46. The van der Waals surface area contributed by atoms with Gasteiger partial charge in [0.15, 0.2) is 5.82 Å². The van der Waals surface area contributed by atoms with Crippen molar-refractivity contribution in [3.63, 3.8) is 0 Å². The molecule has 0 saturated heterocycles. The van der Waals surface area contributed by atoms with Gasteiger partial charge in [0.05, 0.1) is 22.1 Å². The van der Waals surface area contributed by atoms with Crippen LogP contribution in [-0.2, 0) is 13.1 Å². The summed E-state index contributed by atoms with van der Waals surface area (Å²) in [4.78, 5) is 16.1. The fraction of sp³-hybridized carbons (Fsp3) is 0.286. The number of furan rings is 1. The van der Waals surface area contributed by atoms with Crippen LogP contribution in [0.2, 0.25) is 0 Å². The van der Waals surface area contributed by atoms with Crippen molar-refractivity contribution in [3.05, 3.63) is 50.8 Å². The number of nitrogens with one attached hydrogen (secondary N) is 1. The Morgan fingerprint density at radius 2 is 2.26 bits per heavy atom. The van der Waals surface area contributed by atoms with Gasteiger partial charge >= 0.3 is 11.8 Å². The number of aromatic nitrogens is 4. The maximum Gasteiger partial charge on any atom is 0.316 e. The second-order valence-electron chi connectivity index (χ2n) is 4.92. The van der Waals surface area contributed by atoms with Crippen molar-refractivity contribution in [2.75, 3.05) is 0 Å². The molecule has 0 aliphatic heterocycles. The average Bonchev–Trinajstić information content (AvgIpc) is 3.25. The topological polar surface area (TPSA) is 99.0 Å². The molecule has 0 fully saturated rings. The Labute approximate surface area is 145 Å². The van der Waals surface area contributed by atoms with Gasteiger partial charge in [-0.3, -0.25) is 9.48 Å². The number of hydrogen-bond acceptors (Lipinski definition) is 6. The minimum atomic E-state index is -0.442. The van der Waals surface area contributed by atoms with E-state index in [1.165, 1.54) is 0 Å². The third-order valence-corrected chi connectivity index (χ3v) is 4.81. The number of aryl methyl sites for hydroxylation is 1. The summed E-state index contributed by atoms with van der Waals surface area (Å²) in [6, 6.07) is 3.52. The molecule has 9 heteroatoms. The van der Waals surface area contributed by atoms with Gasteiger partial charge in [-0.1, -0.05) is 5.16 Å². The van der Waals surface area contributed by atoms with Gasteiger partial charge < -0.3 is 14.3 Å². The van der Waals surface area contributed by atoms with Crippen molar-refractivity contribution in [1.29, 1.82) is 0 Å². The highest BCUT2D eigenvalue weighted by molar-refractivity contribution is 14.1. The summed E-state index contributed by atoms with van der Waals surface area (Å²) in [6.07, 6.45) is 1.54. The molecular weight excluding hydrogens is 413 g/mol. The first-order valence-corrected chi connectivity index (χ1v) is 7.95. The van der Waals surface area contributed by atoms with Crippen LogP contribution in [0.25, 0.3) is 0 Å². The molecule has 3 aromatic rings. The third-order valence-electron chi connectivity index (χ3n) is 3.25. The van der Waals surface area contributed by atoms with Gasteiger partial charge in [0.25, 0.3) is 0 Å². The zero-order valence-electron chi connectivity index (χ0n) is 12.5. The Hall–Kier alpha value is -2.17. The van der Waals surface area contributed by atoms with Crippen LogP contribution in [0.1, 0.15) is 33.7 Å². The van der Waals surface area contributed by atoms with E-state index in [9.17, 15) is 4.79 Å². The van der Waals surface area contributed by atoms with Crippen LogP contribution in [-0.4, -0.2) is 25.8 Å². The molecule has 0 atom stereocenters. The first-order chi connectivity index (χ1) is 11.0. The van der Waals surface area contributed by atoms with E-state index in [4.69, 9.17) is 8.94 Å². The number of hydrogen-bond donors (Lipinski definition) is 1. The highest BCUT2D eigenvalue weighted by Gasteiger charge is 2.17. The first kappa shape index (κ1) is 15.7. The Morgan fingerprint density at radius 1 is 1.43 bits per heavy atom. The van der Waals surface area contributed by atoms with Crippen molar-refractivity contribution in [3.8, 4) is 0 Å². The molecule has 3 rings (SSSR count). The normalized spacial score (nSPS) is 10.9. The van der Waals surface area contributed by atoms with E-state index >= 15 is 0 Å². The van der Waals surface area contributed by atoms with Crippen molar-refractivity contribution >= 4 is 28.5 Å². The van der Waals surface area contributed by atoms with E-state index < -0.39 is 5.91 Å². The molecule has 3 heterocycles. The summed E-state index contributed by atoms with van der Waals surface area (Å²) in [5.74, 6) is 0.524. The molecule has 1 amide bonds. The molecule has 0 aliphatic rings. The van der Waals surface area contributed by atoms with E-state index in [-0.39, 0.29) is 12.4 Å². The monoisotopic (exact) mass is 427 g/mol. The van der Waals surface area contributed by atoms with Crippen LogP contribution in [0, 0.1) is 17.4 Å². The summed E-state index contributed by atoms with van der Waals surface area (Å²) in [5.41, 5.74) is 1.97. The van der Waals surface area contributed by atoms with Crippen LogP contribution < -0.4 is 5.32 Å². The second-order valence-corrected chi connectivity index (χ2v) is 6.00. The van der Waals surface area contributed by atoms with Crippen LogP contribution >= 0.6 is 22.6 Å². The van der Waals surface area contributed by atoms with Gasteiger partial charge in [0.1, 0.15) is 12.3 Å². The molecule has 120 valence electrons. The summed E-state index contributed by atoms with van der Waals surface area (Å²) < 4.78 is 13.0. The third kappa shape index (κ3) is 3.44. The number of nitrogens with zero attached hydrogens (tertiary/aromatic N) is 4. The molecule has 0 spiro atoms. The summed E-state index contributed by atoms with van der Waals surface area (Å²) in [5, 5.41) is 10.9. The van der Waals surface area contributed by atoms with E-state index in [1.807, 2.05) is 13.8 Å². The molecular formula is C14H14IN5O3. The van der Waals surface area contributed by atoms with E-state index in [1.54, 1.807) is 23.1 Å². The van der Waals surface area contributed by atoms with Crippen LogP contribution in [0.15, 0.2) is 27.3 Å². The lowest BCUT2D eigenvalue weighted by atomic mass is 10.4. The molecule has 8 nitrogen and oxygen atoms in total. The van der Waals surface area contributed by atoms with Gasteiger partial charge in [-0.2, -0.15) is 10.1 Å². The van der Waals surface area contributed by atoms with Crippen molar-refractivity contribution in [2.45, 2.75) is 26.9 Å². The SMILES string of the molecule is Cc1nn(Cc2noc(C(=O)NCc3ccco3)n2)c(C)c1I. The Balaban J connectivity index is 1.65. The Morgan fingerprint density at radius 3 is 2.91 bits per heavy atom. The highest BCUT2D eigenvalue weighted by Crippen LogP contribution is 2.16. The van der Waals surface area contributed by atoms with Crippen molar-refractivity contribution < 1.29 is 13.7 Å². The summed E-state index contributed by atoms with van der Waals surface area (Å²) in [7, 11) is 0. The fourth-order valence-electron chi connectivity index (χ4n) is 2.03. The van der Waals surface area contributed by atoms with Gasteiger partial charge in [-0.25, -0.2) is 0 Å². The fourth-order valence-corrected chi connectivity index (χ4v) is 2.42. The van der Waals surface area contributed by atoms with Gasteiger partial charge in [0.2, 0.25) is 0 Å². The largest absolute Gasteiger partial charge is 0.467 e. The van der Waals surface area contributed by atoms with E-state index in [0.717, 1.165) is 15.0 Å². The van der Waals surface area contributed by atoms with Gasteiger partial charge in [-0.15, -0.1) is 0 Å². The molecule has 0 aliphatic carbocycles. The molecule has 0 unspecified atom stereocenters. The predicted octanol–water partition coefficient (Wildman–Crippen LogP) is 2.06. The van der Waals surface area contributed by atoms with Crippen LogP contribution in [0.4, 0.5) is 0 Å². The summed E-state index contributed by atoms with van der Waals surface area (Å²) in [6.45, 7) is 4.53. The lowest BCUT2D eigenvalue weighted by molar-refractivity contribution is 0.0904. The van der Waals surface area contributed by atoms with Crippen molar-refractivity contribution in [1.82, 2.24) is 25.2 Å². The smallest absolute Gasteiger partial charge is 0.316 e. The minimum Gasteiger partial charge on any atom is -0.467 e. The van der Waals surface area contributed by atoms with Crippen LogP contribution in [0.5, 0.6) is 0 Å². The zero-order chi connectivity index (χ0) is 16.4. The van der Waals surface area contributed by atoms with Crippen LogP contribution in [0.3, 0.4) is 0 Å². The lowest BCUT2D eigenvalue weighted by Crippen LogP contribution is -2.23. The number of carbonyl (C=O) groups is 1. The molecule has 0 bridgehead atoms. The number of amides is 1. The Bertz CT molecular complexity index is 822. The second kappa shape index (κ2) is 6.52. The first-order valence-electron chi connectivity index (χ1n) is 6.87. The molecule has 0 saturated carbocycles. The average molecular weight is 427 g/mol. The number of halogens is 1. The molecule has 3 aromatic heterocycles. The lowest BCUT2D eigenvalue weighted by Gasteiger charge is -1.99.